The molecule has 1 aromatic heterocycles. The van der Waals surface area contributed by atoms with Crippen LogP contribution in [0.4, 0.5) is 5.69 Å². The van der Waals surface area contributed by atoms with Gasteiger partial charge in [-0.15, -0.1) is 5.10 Å². The van der Waals surface area contributed by atoms with Crippen LogP contribution in [0.1, 0.15) is 10.5 Å². The third-order valence-electron chi connectivity index (χ3n) is 3.05. The molecule has 0 unspecified atom stereocenters. The molecule has 1 atom stereocenters. The molecule has 0 aliphatic rings. The van der Waals surface area contributed by atoms with Crippen molar-refractivity contribution >= 4 is 68.7 Å². The molecule has 128 valence electrons. The Morgan fingerprint density at radius 2 is 1.76 bits per heavy atom. The summed E-state index contributed by atoms with van der Waals surface area (Å²) in [6, 6.07) is 11.2. The molecule has 0 bridgehead atoms. The van der Waals surface area contributed by atoms with Crippen LogP contribution in [0, 0.1) is 0 Å². The number of benzene rings is 2. The van der Waals surface area contributed by atoms with Crippen LogP contribution in [0.3, 0.4) is 0 Å². The quantitative estimate of drug-likeness (QED) is 0.635. The number of aromatic nitrogens is 2. The molecular formula is C15H8Cl3N3O2S2. The second-order valence-electron chi connectivity index (χ2n) is 4.71. The van der Waals surface area contributed by atoms with Gasteiger partial charge in [-0.05, 0) is 54.0 Å². The van der Waals surface area contributed by atoms with Gasteiger partial charge in [0.1, 0.15) is 0 Å². The minimum atomic E-state index is -1.60. The van der Waals surface area contributed by atoms with E-state index >= 15 is 0 Å². The molecule has 0 saturated heterocycles. The largest absolute Gasteiger partial charge is 0.320 e. The molecule has 1 N–H and O–H groups in total. The van der Waals surface area contributed by atoms with Crippen molar-refractivity contribution in [2.75, 3.05) is 5.32 Å². The van der Waals surface area contributed by atoms with Crippen molar-refractivity contribution in [1.82, 2.24) is 9.59 Å². The van der Waals surface area contributed by atoms with Crippen LogP contribution in [0.15, 0.2) is 51.6 Å². The van der Waals surface area contributed by atoms with Crippen LogP contribution in [0.5, 0.6) is 0 Å². The summed E-state index contributed by atoms with van der Waals surface area (Å²) in [6.45, 7) is 0. The third-order valence-corrected chi connectivity index (χ3v) is 6.47. The van der Waals surface area contributed by atoms with Gasteiger partial charge in [0.15, 0.2) is 9.90 Å². The van der Waals surface area contributed by atoms with Crippen LogP contribution < -0.4 is 5.32 Å². The molecule has 25 heavy (non-hydrogen) atoms. The molecule has 1 amide bonds. The molecule has 2 aromatic carbocycles. The summed E-state index contributed by atoms with van der Waals surface area (Å²) in [5.74, 6) is -0.538. The van der Waals surface area contributed by atoms with Crippen LogP contribution in [0.2, 0.25) is 15.1 Å². The zero-order chi connectivity index (χ0) is 18.0. The fourth-order valence-electron chi connectivity index (χ4n) is 1.87. The highest BCUT2D eigenvalue weighted by Gasteiger charge is 2.22. The number of amides is 1. The first-order valence-corrected chi connectivity index (χ1v) is 9.77. The predicted octanol–water partition coefficient (Wildman–Crippen LogP) is 4.92. The minimum absolute atomic E-state index is 0.00986. The Labute approximate surface area is 164 Å². The Hall–Kier alpha value is -1.51. The lowest BCUT2D eigenvalue weighted by Gasteiger charge is -2.06. The fraction of sp³-hybridized carbons (Fsp3) is 0. The van der Waals surface area contributed by atoms with E-state index in [9.17, 15) is 9.00 Å². The van der Waals surface area contributed by atoms with Crippen LogP contribution in [0.25, 0.3) is 0 Å². The first kappa shape index (κ1) is 18.3. The first-order chi connectivity index (χ1) is 12.0. The molecule has 0 aliphatic carbocycles. The van der Waals surface area contributed by atoms with Gasteiger partial charge < -0.3 is 5.32 Å². The zero-order valence-corrected chi connectivity index (χ0v) is 16.1. The Morgan fingerprint density at radius 3 is 2.44 bits per heavy atom. The molecule has 0 radical (unpaired) electrons. The van der Waals surface area contributed by atoms with Gasteiger partial charge in [0.05, 0.1) is 20.8 Å². The molecule has 3 aromatic rings. The highest BCUT2D eigenvalue weighted by molar-refractivity contribution is 7.87. The Balaban J connectivity index is 1.85. The standard InChI is InChI=1S/C15H8Cl3N3O2S2/c16-8-1-4-10(5-2-8)25(23)15-13(20-21-24-15)14(22)19-9-3-6-11(17)12(18)7-9/h1-7H,(H,19,22)/t25-/m1/s1. The molecule has 0 fully saturated rings. The number of halogens is 3. The van der Waals surface area contributed by atoms with Crippen molar-refractivity contribution in [2.45, 2.75) is 9.10 Å². The van der Waals surface area contributed by atoms with E-state index in [1.165, 1.54) is 6.07 Å². The van der Waals surface area contributed by atoms with Crippen molar-refractivity contribution in [1.29, 1.82) is 0 Å². The number of carbonyl (C=O) groups excluding carboxylic acids is 1. The van der Waals surface area contributed by atoms with Gasteiger partial charge in [-0.1, -0.05) is 39.3 Å². The van der Waals surface area contributed by atoms with E-state index in [4.69, 9.17) is 34.8 Å². The number of hydrogen-bond donors (Lipinski definition) is 1. The van der Waals surface area contributed by atoms with E-state index in [2.05, 4.69) is 14.9 Å². The molecule has 0 spiro atoms. The third kappa shape index (κ3) is 4.19. The molecule has 10 heteroatoms. The Bertz CT molecular complexity index is 961. The van der Waals surface area contributed by atoms with Gasteiger partial charge in [-0.3, -0.25) is 4.79 Å². The van der Waals surface area contributed by atoms with Gasteiger partial charge in [-0.25, -0.2) is 4.21 Å². The number of rotatable bonds is 4. The smallest absolute Gasteiger partial charge is 0.278 e. The number of carbonyl (C=O) groups is 1. The molecular weight excluding hydrogens is 425 g/mol. The lowest BCUT2D eigenvalue weighted by atomic mass is 10.3. The summed E-state index contributed by atoms with van der Waals surface area (Å²) < 4.78 is 16.7. The first-order valence-electron chi connectivity index (χ1n) is 6.72. The average molecular weight is 433 g/mol. The van der Waals surface area contributed by atoms with Gasteiger partial charge in [-0.2, -0.15) is 0 Å². The number of hydrogen-bond acceptors (Lipinski definition) is 5. The second-order valence-corrected chi connectivity index (χ2v) is 8.40. The summed E-state index contributed by atoms with van der Waals surface area (Å²) in [7, 11) is -1.60. The molecule has 0 saturated carbocycles. The van der Waals surface area contributed by atoms with Crippen LogP contribution in [-0.4, -0.2) is 19.7 Å². The van der Waals surface area contributed by atoms with Gasteiger partial charge in [0.2, 0.25) is 0 Å². The maximum absolute atomic E-state index is 12.7. The average Bonchev–Trinajstić information content (AvgIpc) is 3.08. The number of anilines is 1. The topological polar surface area (TPSA) is 72.0 Å². The summed E-state index contributed by atoms with van der Waals surface area (Å²) in [4.78, 5) is 12.9. The normalized spacial score (nSPS) is 12.0. The van der Waals surface area contributed by atoms with Crippen LogP contribution >= 0.6 is 46.3 Å². The monoisotopic (exact) mass is 431 g/mol. The van der Waals surface area contributed by atoms with Crippen LogP contribution in [-0.2, 0) is 10.8 Å². The van der Waals surface area contributed by atoms with E-state index in [1.54, 1.807) is 36.4 Å². The zero-order valence-electron chi connectivity index (χ0n) is 12.2. The van der Waals surface area contributed by atoms with Gasteiger partial charge in [0.25, 0.3) is 5.91 Å². The van der Waals surface area contributed by atoms with E-state index in [-0.39, 0.29) is 9.90 Å². The number of nitrogens with zero attached hydrogens (tertiary/aromatic N) is 2. The van der Waals surface area contributed by atoms with E-state index < -0.39 is 16.7 Å². The summed E-state index contributed by atoms with van der Waals surface area (Å²) >= 11 is 18.5. The van der Waals surface area contributed by atoms with Crippen molar-refractivity contribution in [3.8, 4) is 0 Å². The molecule has 1 heterocycles. The lowest BCUT2D eigenvalue weighted by Crippen LogP contribution is -2.14. The maximum atomic E-state index is 12.7. The number of nitrogens with one attached hydrogen (secondary N) is 1. The molecule has 5 nitrogen and oxygen atoms in total. The SMILES string of the molecule is O=C(Nc1ccc(Cl)c(Cl)c1)c1nnsc1[S@](=O)c1ccc(Cl)cc1. The fourth-order valence-corrected chi connectivity index (χ4v) is 4.28. The van der Waals surface area contributed by atoms with Crippen molar-refractivity contribution in [3.63, 3.8) is 0 Å². The summed E-state index contributed by atoms with van der Waals surface area (Å²) in [5.41, 5.74) is 0.431. The van der Waals surface area contributed by atoms with Crippen molar-refractivity contribution in [2.24, 2.45) is 0 Å². The Morgan fingerprint density at radius 1 is 1.04 bits per heavy atom. The van der Waals surface area contributed by atoms with E-state index in [1.807, 2.05) is 0 Å². The highest BCUT2D eigenvalue weighted by atomic mass is 35.5. The lowest BCUT2D eigenvalue weighted by molar-refractivity contribution is 0.101. The van der Waals surface area contributed by atoms with Crippen molar-refractivity contribution in [3.05, 3.63) is 63.2 Å². The summed E-state index contributed by atoms with van der Waals surface area (Å²) in [6.07, 6.45) is 0. The Kier molecular flexibility index (Phi) is 5.71. The molecule has 0 aliphatic heterocycles. The van der Waals surface area contributed by atoms with Crippen molar-refractivity contribution < 1.29 is 9.00 Å². The predicted molar refractivity (Wildman–Crippen MR) is 100 cm³/mol. The minimum Gasteiger partial charge on any atom is -0.320 e. The second kappa shape index (κ2) is 7.80. The highest BCUT2D eigenvalue weighted by Crippen LogP contribution is 2.27. The maximum Gasteiger partial charge on any atom is 0.278 e. The van der Waals surface area contributed by atoms with Gasteiger partial charge >= 0.3 is 0 Å². The summed E-state index contributed by atoms with van der Waals surface area (Å²) in [5, 5.41) is 7.64. The van der Waals surface area contributed by atoms with E-state index in [0.29, 0.717) is 25.7 Å². The molecule has 3 rings (SSSR count). The van der Waals surface area contributed by atoms with Gasteiger partial charge in [0, 0.05) is 15.6 Å². The van der Waals surface area contributed by atoms with E-state index in [0.717, 1.165) is 11.5 Å².